The molecule has 15 heavy (non-hydrogen) atoms. The Morgan fingerprint density at radius 1 is 1.27 bits per heavy atom. The lowest BCUT2D eigenvalue weighted by Crippen LogP contribution is -2.21. The van der Waals surface area contributed by atoms with Crippen LogP contribution >= 0.6 is 15.9 Å². The third kappa shape index (κ3) is 3.06. The van der Waals surface area contributed by atoms with Crippen molar-refractivity contribution in [2.75, 3.05) is 5.32 Å². The molecule has 1 aromatic rings. The van der Waals surface area contributed by atoms with Crippen molar-refractivity contribution in [3.8, 4) is 0 Å². The number of anilines is 1. The van der Waals surface area contributed by atoms with E-state index in [2.05, 4.69) is 40.3 Å². The molecule has 2 nitrogen and oxygen atoms in total. The zero-order valence-corrected chi connectivity index (χ0v) is 11.1. The molecule has 1 rings (SSSR count). The molecule has 0 bridgehead atoms. The topological polar surface area (TPSA) is 29.1 Å². The summed E-state index contributed by atoms with van der Waals surface area (Å²) in [5.41, 5.74) is 4.36. The van der Waals surface area contributed by atoms with E-state index in [4.69, 9.17) is 0 Å². The van der Waals surface area contributed by atoms with Crippen LogP contribution in [0.15, 0.2) is 12.1 Å². The Morgan fingerprint density at radius 2 is 1.73 bits per heavy atom. The van der Waals surface area contributed by atoms with Gasteiger partial charge in [-0.15, -0.1) is 0 Å². The molecule has 1 N–H and O–H groups in total. The zero-order valence-electron chi connectivity index (χ0n) is 9.52. The quantitative estimate of drug-likeness (QED) is 0.820. The molecule has 0 saturated heterocycles. The minimum absolute atomic E-state index is 0.00921. The average molecular weight is 270 g/mol. The van der Waals surface area contributed by atoms with E-state index in [0.717, 1.165) is 16.8 Å². The first kappa shape index (κ1) is 12.2. The van der Waals surface area contributed by atoms with E-state index < -0.39 is 0 Å². The third-order valence-electron chi connectivity index (χ3n) is 2.29. The Balaban J connectivity index is 3.00. The second-order valence-corrected chi connectivity index (χ2v) is 5.25. The van der Waals surface area contributed by atoms with Crippen LogP contribution in [-0.2, 0) is 4.79 Å². The fourth-order valence-electron chi connectivity index (χ4n) is 1.60. The monoisotopic (exact) mass is 269 g/mol. The van der Waals surface area contributed by atoms with Crippen LogP contribution in [0.1, 0.15) is 23.6 Å². The Labute approximate surface area is 99.2 Å². The van der Waals surface area contributed by atoms with Crippen molar-refractivity contribution < 1.29 is 4.79 Å². The number of nitrogens with one attached hydrogen (secondary N) is 1. The summed E-state index contributed by atoms with van der Waals surface area (Å²) in [4.78, 5) is 11.4. The van der Waals surface area contributed by atoms with E-state index in [-0.39, 0.29) is 10.7 Å². The van der Waals surface area contributed by atoms with Gasteiger partial charge in [0.1, 0.15) is 0 Å². The molecule has 0 aliphatic carbocycles. The second kappa shape index (κ2) is 4.79. The van der Waals surface area contributed by atoms with Gasteiger partial charge in [-0.1, -0.05) is 33.6 Å². The summed E-state index contributed by atoms with van der Waals surface area (Å²) >= 11 is 3.25. The maximum Gasteiger partial charge on any atom is 0.237 e. The number of aryl methyl sites for hydroxylation is 3. The molecule has 0 saturated carbocycles. The number of amides is 1. The number of benzene rings is 1. The van der Waals surface area contributed by atoms with Crippen molar-refractivity contribution in [2.24, 2.45) is 0 Å². The zero-order chi connectivity index (χ0) is 11.6. The minimum Gasteiger partial charge on any atom is -0.325 e. The van der Waals surface area contributed by atoms with Crippen molar-refractivity contribution in [1.82, 2.24) is 0 Å². The average Bonchev–Trinajstić information content (AvgIpc) is 2.10. The van der Waals surface area contributed by atoms with Crippen LogP contribution in [0, 0.1) is 20.8 Å². The highest BCUT2D eigenvalue weighted by Crippen LogP contribution is 2.22. The normalized spacial score (nSPS) is 12.3. The molecule has 1 aromatic carbocycles. The number of alkyl halides is 1. The van der Waals surface area contributed by atoms with E-state index in [1.54, 1.807) is 0 Å². The van der Waals surface area contributed by atoms with E-state index in [9.17, 15) is 4.79 Å². The molecule has 0 aliphatic rings. The van der Waals surface area contributed by atoms with E-state index in [0.29, 0.717) is 0 Å². The molecule has 0 aromatic heterocycles. The van der Waals surface area contributed by atoms with E-state index >= 15 is 0 Å². The summed E-state index contributed by atoms with van der Waals surface area (Å²) in [6.45, 7) is 7.88. The maximum atomic E-state index is 11.5. The van der Waals surface area contributed by atoms with Gasteiger partial charge in [-0.05, 0) is 38.8 Å². The third-order valence-corrected chi connectivity index (χ3v) is 2.70. The van der Waals surface area contributed by atoms with Gasteiger partial charge >= 0.3 is 0 Å². The van der Waals surface area contributed by atoms with Crippen LogP contribution < -0.4 is 5.32 Å². The van der Waals surface area contributed by atoms with Crippen molar-refractivity contribution in [1.29, 1.82) is 0 Å². The van der Waals surface area contributed by atoms with Crippen molar-refractivity contribution >= 4 is 27.5 Å². The van der Waals surface area contributed by atoms with Crippen LogP contribution in [0.25, 0.3) is 0 Å². The largest absolute Gasteiger partial charge is 0.325 e. The molecule has 0 radical (unpaired) electrons. The summed E-state index contributed by atoms with van der Waals surface area (Å²) in [5.74, 6) is -0.00921. The molecule has 82 valence electrons. The van der Waals surface area contributed by atoms with Crippen LogP contribution in [0.4, 0.5) is 5.69 Å². The lowest BCUT2D eigenvalue weighted by atomic mass is 10.1. The molecule has 0 spiro atoms. The summed E-state index contributed by atoms with van der Waals surface area (Å²) in [7, 11) is 0. The Morgan fingerprint density at radius 3 is 2.13 bits per heavy atom. The summed E-state index contributed by atoms with van der Waals surface area (Å²) in [5, 5.41) is 2.92. The second-order valence-electron chi connectivity index (χ2n) is 3.88. The molecular formula is C12H16BrNO. The number of carbonyl (C=O) groups is 1. The summed E-state index contributed by atoms with van der Waals surface area (Å²) < 4.78 is 0. The Bertz CT molecular complexity index is 362. The van der Waals surface area contributed by atoms with Crippen LogP contribution in [-0.4, -0.2) is 10.7 Å². The van der Waals surface area contributed by atoms with Gasteiger partial charge in [-0.3, -0.25) is 4.79 Å². The number of rotatable bonds is 2. The minimum atomic E-state index is -0.169. The van der Waals surface area contributed by atoms with Crippen molar-refractivity contribution in [3.63, 3.8) is 0 Å². The molecule has 1 amide bonds. The molecular weight excluding hydrogens is 254 g/mol. The number of halogens is 1. The van der Waals surface area contributed by atoms with Gasteiger partial charge in [-0.25, -0.2) is 0 Å². The lowest BCUT2D eigenvalue weighted by Gasteiger charge is -2.13. The van der Waals surface area contributed by atoms with E-state index in [1.807, 2.05) is 20.8 Å². The van der Waals surface area contributed by atoms with Gasteiger partial charge in [0.25, 0.3) is 0 Å². The highest BCUT2D eigenvalue weighted by atomic mass is 79.9. The molecule has 0 unspecified atom stereocenters. The van der Waals surface area contributed by atoms with Gasteiger partial charge in [-0.2, -0.15) is 0 Å². The summed E-state index contributed by atoms with van der Waals surface area (Å²) in [6, 6.07) is 4.14. The number of carbonyl (C=O) groups excluding carboxylic acids is 1. The number of hydrogen-bond acceptors (Lipinski definition) is 1. The van der Waals surface area contributed by atoms with Gasteiger partial charge < -0.3 is 5.32 Å². The predicted molar refractivity (Wildman–Crippen MR) is 67.7 cm³/mol. The fraction of sp³-hybridized carbons (Fsp3) is 0.417. The molecule has 1 atom stereocenters. The lowest BCUT2D eigenvalue weighted by molar-refractivity contribution is -0.115. The van der Waals surface area contributed by atoms with Gasteiger partial charge in [0.2, 0.25) is 5.91 Å². The Kier molecular flexibility index (Phi) is 3.91. The van der Waals surface area contributed by atoms with Crippen LogP contribution in [0.3, 0.4) is 0 Å². The smallest absolute Gasteiger partial charge is 0.237 e. The SMILES string of the molecule is Cc1cc(C)c(NC(=O)[C@H](C)Br)c(C)c1. The van der Waals surface area contributed by atoms with Gasteiger partial charge in [0.05, 0.1) is 4.83 Å². The molecule has 0 aliphatic heterocycles. The molecule has 3 heteroatoms. The fourth-order valence-corrected chi connectivity index (χ4v) is 1.71. The van der Waals surface area contributed by atoms with Crippen LogP contribution in [0.2, 0.25) is 0 Å². The summed E-state index contributed by atoms with van der Waals surface area (Å²) in [6.07, 6.45) is 0. The molecule has 0 heterocycles. The highest BCUT2D eigenvalue weighted by Gasteiger charge is 2.11. The number of hydrogen-bond donors (Lipinski definition) is 1. The first-order valence-corrected chi connectivity index (χ1v) is 5.86. The van der Waals surface area contributed by atoms with E-state index in [1.165, 1.54) is 5.56 Å². The Hall–Kier alpha value is -0.830. The van der Waals surface area contributed by atoms with Crippen molar-refractivity contribution in [2.45, 2.75) is 32.5 Å². The predicted octanol–water partition coefficient (Wildman–Crippen LogP) is 3.33. The first-order valence-electron chi connectivity index (χ1n) is 4.94. The highest BCUT2D eigenvalue weighted by molar-refractivity contribution is 9.10. The molecule has 0 fully saturated rings. The van der Waals surface area contributed by atoms with Crippen molar-refractivity contribution in [3.05, 3.63) is 28.8 Å². The standard InChI is InChI=1S/C12H16BrNO/c1-7-5-8(2)11(9(3)6-7)14-12(15)10(4)13/h5-6,10H,1-4H3,(H,14,15)/t10-/m0/s1. The van der Waals surface area contributed by atoms with Gasteiger partial charge in [0, 0.05) is 5.69 Å². The van der Waals surface area contributed by atoms with Crippen LogP contribution in [0.5, 0.6) is 0 Å². The first-order chi connectivity index (χ1) is 6.91. The van der Waals surface area contributed by atoms with Gasteiger partial charge in [0.15, 0.2) is 0 Å². The maximum absolute atomic E-state index is 11.5.